The minimum absolute atomic E-state index is 0.181. The van der Waals surface area contributed by atoms with Gasteiger partial charge in [-0.2, -0.15) is 0 Å². The summed E-state index contributed by atoms with van der Waals surface area (Å²) in [5.74, 6) is 0. The lowest BCUT2D eigenvalue weighted by atomic mass is 10.1. The molecule has 3 nitrogen and oxygen atoms in total. The van der Waals surface area contributed by atoms with Crippen molar-refractivity contribution in [2.75, 3.05) is 0 Å². The first kappa shape index (κ1) is 12.3. The van der Waals surface area contributed by atoms with E-state index in [1.165, 1.54) is 11.6 Å². The fourth-order valence-electron chi connectivity index (χ4n) is 2.07. The number of pyridine rings is 1. The third-order valence-corrected chi connectivity index (χ3v) is 3.01. The Morgan fingerprint density at radius 3 is 2.44 bits per heavy atom. The van der Waals surface area contributed by atoms with Gasteiger partial charge in [0.25, 0.3) is 0 Å². The maximum atomic E-state index is 11.5. The van der Waals surface area contributed by atoms with Gasteiger partial charge in [0.15, 0.2) is 11.7 Å². The Kier molecular flexibility index (Phi) is 3.15. The lowest BCUT2D eigenvalue weighted by Gasteiger charge is -2.14. The van der Waals surface area contributed by atoms with Crippen LogP contribution in [0, 0.1) is 20.8 Å². The molecule has 2 aromatic rings. The van der Waals surface area contributed by atoms with E-state index in [2.05, 4.69) is 6.07 Å². The molecule has 2 rings (SSSR count). The van der Waals surface area contributed by atoms with Crippen LogP contribution >= 0.6 is 0 Å². The van der Waals surface area contributed by atoms with Crippen LogP contribution in [-0.4, -0.2) is 10.9 Å². The van der Waals surface area contributed by atoms with Crippen molar-refractivity contribution in [3.63, 3.8) is 0 Å². The Hall–Kier alpha value is -2.16. The van der Waals surface area contributed by atoms with Crippen LogP contribution in [0.5, 0.6) is 0 Å². The maximum absolute atomic E-state index is 11.5. The summed E-state index contributed by atoms with van der Waals surface area (Å²) in [5.41, 5.74) is 4.05. The Balaban J connectivity index is 2.70. The minimum Gasteiger partial charge on any atom is -0.320 e. The monoisotopic (exact) mass is 241 g/mol. The van der Waals surface area contributed by atoms with Gasteiger partial charge in [0.2, 0.25) is 0 Å². The second kappa shape index (κ2) is 4.61. The average molecular weight is 241 g/mol. The first-order valence-electron chi connectivity index (χ1n) is 5.79. The fourth-order valence-corrected chi connectivity index (χ4v) is 2.07. The topological polar surface area (TPSA) is 39.1 Å². The second-order valence-corrected chi connectivity index (χ2v) is 4.51. The van der Waals surface area contributed by atoms with Gasteiger partial charge in [-0.15, -0.1) is 0 Å². The molecule has 1 aromatic heterocycles. The summed E-state index contributed by atoms with van der Waals surface area (Å²) >= 11 is 0. The fraction of sp³-hybridized carbons (Fsp3) is 0.200. The summed E-state index contributed by atoms with van der Waals surface area (Å²) in [6.45, 7) is 5.90. The number of aldehydes is 1. The lowest BCUT2D eigenvalue weighted by Crippen LogP contribution is -2.14. The Morgan fingerprint density at radius 2 is 1.83 bits per heavy atom. The number of carbonyl (C=O) groups excluding carboxylic acids is 1. The highest BCUT2D eigenvalue weighted by Gasteiger charge is 2.07. The van der Waals surface area contributed by atoms with E-state index in [-0.39, 0.29) is 11.0 Å². The molecule has 1 aromatic carbocycles. The van der Waals surface area contributed by atoms with E-state index in [1.807, 2.05) is 37.5 Å². The van der Waals surface area contributed by atoms with Crippen molar-refractivity contribution in [1.29, 1.82) is 0 Å². The molecule has 0 bridgehead atoms. The Morgan fingerprint density at radius 1 is 1.11 bits per heavy atom. The minimum atomic E-state index is -0.233. The first-order chi connectivity index (χ1) is 8.52. The predicted molar refractivity (Wildman–Crippen MR) is 71.6 cm³/mol. The van der Waals surface area contributed by atoms with Crippen molar-refractivity contribution in [1.82, 2.24) is 4.57 Å². The van der Waals surface area contributed by atoms with Crippen LogP contribution in [0.3, 0.4) is 0 Å². The van der Waals surface area contributed by atoms with Gasteiger partial charge in [-0.3, -0.25) is 9.59 Å². The van der Waals surface area contributed by atoms with E-state index in [9.17, 15) is 9.59 Å². The smallest absolute Gasteiger partial charge is 0.192 e. The molecule has 3 heteroatoms. The Labute approximate surface area is 106 Å². The highest BCUT2D eigenvalue weighted by atomic mass is 16.1. The third-order valence-electron chi connectivity index (χ3n) is 3.01. The molecule has 0 atom stereocenters. The Bertz CT molecular complexity index is 669. The van der Waals surface area contributed by atoms with Crippen molar-refractivity contribution >= 4 is 6.29 Å². The zero-order valence-corrected chi connectivity index (χ0v) is 10.7. The van der Waals surface area contributed by atoms with Gasteiger partial charge in [-0.05, 0) is 32.4 Å². The molecule has 92 valence electrons. The number of hydrogen-bond acceptors (Lipinski definition) is 2. The standard InChI is InChI=1S/C15H15NO2/c1-10-4-5-14(11(2)6-10)16-8-13(9-17)15(18)7-12(16)3/h4-9H,1-3H3. The van der Waals surface area contributed by atoms with E-state index < -0.39 is 0 Å². The predicted octanol–water partition coefficient (Wildman–Crippen LogP) is 2.58. The molecule has 0 fully saturated rings. The molecule has 0 amide bonds. The van der Waals surface area contributed by atoms with Gasteiger partial charge >= 0.3 is 0 Å². The van der Waals surface area contributed by atoms with E-state index in [0.717, 1.165) is 16.9 Å². The average Bonchev–Trinajstić information content (AvgIpc) is 2.30. The molecule has 18 heavy (non-hydrogen) atoms. The number of hydrogen-bond donors (Lipinski definition) is 0. The summed E-state index contributed by atoms with van der Waals surface area (Å²) in [6, 6.07) is 7.58. The molecule has 0 aliphatic rings. The van der Waals surface area contributed by atoms with Crippen LogP contribution in [0.4, 0.5) is 0 Å². The molecule has 0 saturated carbocycles. The van der Waals surface area contributed by atoms with Crippen LogP contribution in [0.25, 0.3) is 5.69 Å². The second-order valence-electron chi connectivity index (χ2n) is 4.51. The number of benzene rings is 1. The van der Waals surface area contributed by atoms with E-state index in [4.69, 9.17) is 0 Å². The number of aryl methyl sites for hydroxylation is 3. The van der Waals surface area contributed by atoms with Gasteiger partial charge in [0.05, 0.1) is 5.56 Å². The van der Waals surface area contributed by atoms with Crippen LogP contribution in [0.2, 0.25) is 0 Å². The summed E-state index contributed by atoms with van der Waals surface area (Å²) in [7, 11) is 0. The molecule has 0 N–H and O–H groups in total. The number of rotatable bonds is 2. The molecular formula is C15H15NO2. The van der Waals surface area contributed by atoms with Crippen molar-refractivity contribution in [3.8, 4) is 5.69 Å². The van der Waals surface area contributed by atoms with E-state index >= 15 is 0 Å². The van der Waals surface area contributed by atoms with E-state index in [1.54, 1.807) is 6.20 Å². The molecule has 0 radical (unpaired) electrons. The highest BCUT2D eigenvalue weighted by Crippen LogP contribution is 2.17. The van der Waals surface area contributed by atoms with Gasteiger partial charge in [-0.25, -0.2) is 0 Å². The molecule has 0 aliphatic heterocycles. The van der Waals surface area contributed by atoms with Crippen LogP contribution in [0.15, 0.2) is 35.3 Å². The van der Waals surface area contributed by atoms with Crippen molar-refractivity contribution < 1.29 is 4.79 Å². The summed E-state index contributed by atoms with van der Waals surface area (Å²) < 4.78 is 1.87. The number of nitrogens with zero attached hydrogens (tertiary/aromatic N) is 1. The molecule has 0 saturated heterocycles. The normalized spacial score (nSPS) is 10.4. The molecule has 0 unspecified atom stereocenters. The number of carbonyl (C=O) groups is 1. The van der Waals surface area contributed by atoms with Crippen molar-refractivity contribution in [2.24, 2.45) is 0 Å². The van der Waals surface area contributed by atoms with Crippen LogP contribution in [-0.2, 0) is 0 Å². The van der Waals surface area contributed by atoms with Gasteiger partial charge in [0, 0.05) is 23.6 Å². The summed E-state index contributed by atoms with van der Waals surface area (Å²) in [6.07, 6.45) is 2.20. The summed E-state index contributed by atoms with van der Waals surface area (Å²) in [5, 5.41) is 0. The van der Waals surface area contributed by atoms with Crippen molar-refractivity contribution in [2.45, 2.75) is 20.8 Å². The maximum Gasteiger partial charge on any atom is 0.192 e. The highest BCUT2D eigenvalue weighted by molar-refractivity contribution is 5.74. The zero-order chi connectivity index (χ0) is 13.3. The van der Waals surface area contributed by atoms with Gasteiger partial charge < -0.3 is 4.57 Å². The van der Waals surface area contributed by atoms with Crippen molar-refractivity contribution in [3.05, 3.63) is 63.1 Å². The van der Waals surface area contributed by atoms with E-state index in [0.29, 0.717) is 6.29 Å². The summed E-state index contributed by atoms with van der Waals surface area (Å²) in [4.78, 5) is 22.4. The molecular weight excluding hydrogens is 226 g/mol. The largest absolute Gasteiger partial charge is 0.320 e. The third kappa shape index (κ3) is 2.12. The number of aromatic nitrogens is 1. The molecule has 0 spiro atoms. The van der Waals surface area contributed by atoms with Crippen LogP contribution < -0.4 is 5.43 Å². The lowest BCUT2D eigenvalue weighted by molar-refractivity contribution is 0.112. The van der Waals surface area contributed by atoms with Gasteiger partial charge in [0.1, 0.15) is 0 Å². The van der Waals surface area contributed by atoms with Crippen LogP contribution in [0.1, 0.15) is 27.2 Å². The quantitative estimate of drug-likeness (QED) is 0.758. The first-order valence-corrected chi connectivity index (χ1v) is 5.79. The SMILES string of the molecule is Cc1ccc(-n2cc(C=O)c(=O)cc2C)c(C)c1. The zero-order valence-electron chi connectivity index (χ0n) is 10.7. The molecule has 0 aliphatic carbocycles. The molecule has 1 heterocycles. The van der Waals surface area contributed by atoms with Gasteiger partial charge in [-0.1, -0.05) is 17.7 Å².